The van der Waals surface area contributed by atoms with Gasteiger partial charge in [0.05, 0.1) is 5.41 Å². The Morgan fingerprint density at radius 2 is 0.621 bits per heavy atom. The fourth-order valence-corrected chi connectivity index (χ4v) is 5.20. The molecule has 0 aliphatic heterocycles. The first-order valence-electron chi connectivity index (χ1n) is 9.35. The summed E-state index contributed by atoms with van der Waals surface area (Å²) < 4.78 is 0. The van der Waals surface area contributed by atoms with Crippen LogP contribution >= 0.6 is 0 Å². The van der Waals surface area contributed by atoms with Crippen LogP contribution < -0.4 is 0 Å². The van der Waals surface area contributed by atoms with Crippen LogP contribution in [-0.4, -0.2) is 20.4 Å². The molecular formula is C25H16O4. The van der Waals surface area contributed by atoms with E-state index in [2.05, 4.69) is 0 Å². The maximum absolute atomic E-state index is 10.2. The van der Waals surface area contributed by atoms with E-state index >= 15 is 0 Å². The van der Waals surface area contributed by atoms with Crippen molar-refractivity contribution in [1.82, 2.24) is 0 Å². The van der Waals surface area contributed by atoms with Crippen molar-refractivity contribution in [3.8, 4) is 45.3 Å². The highest BCUT2D eigenvalue weighted by Crippen LogP contribution is 2.63. The van der Waals surface area contributed by atoms with Gasteiger partial charge in [-0.3, -0.25) is 0 Å². The summed E-state index contributed by atoms with van der Waals surface area (Å²) in [7, 11) is 0. The molecule has 1 spiro atoms. The quantitative estimate of drug-likeness (QED) is 0.304. The summed E-state index contributed by atoms with van der Waals surface area (Å²) in [5, 5.41) is 40.6. The van der Waals surface area contributed by atoms with Crippen LogP contribution in [0.4, 0.5) is 0 Å². The molecule has 0 heterocycles. The van der Waals surface area contributed by atoms with Gasteiger partial charge in [0.1, 0.15) is 23.0 Å². The van der Waals surface area contributed by atoms with Crippen LogP contribution in [0.2, 0.25) is 0 Å². The molecule has 4 aromatic carbocycles. The molecule has 0 fully saturated rings. The lowest BCUT2D eigenvalue weighted by Gasteiger charge is -2.30. The zero-order chi connectivity index (χ0) is 19.9. The number of hydrogen-bond acceptors (Lipinski definition) is 4. The van der Waals surface area contributed by atoms with Gasteiger partial charge in [-0.1, -0.05) is 24.3 Å². The van der Waals surface area contributed by atoms with Crippen LogP contribution in [0.15, 0.2) is 72.8 Å². The van der Waals surface area contributed by atoms with Gasteiger partial charge in [-0.2, -0.15) is 0 Å². The van der Waals surface area contributed by atoms with Crippen molar-refractivity contribution in [3.63, 3.8) is 0 Å². The number of fused-ring (bicyclic) bond motifs is 10. The Labute approximate surface area is 166 Å². The molecule has 6 rings (SSSR count). The molecule has 4 nitrogen and oxygen atoms in total. The van der Waals surface area contributed by atoms with Crippen molar-refractivity contribution < 1.29 is 20.4 Å². The number of phenolic OH excluding ortho intramolecular Hbond substituents is 4. The SMILES string of the molecule is Oc1ccc2c(c1)-c1cc(O)ccc1C21c2ccc(O)cc2-c2cc(O)ccc21. The Morgan fingerprint density at radius 3 is 0.862 bits per heavy atom. The number of aromatic hydroxyl groups is 4. The first-order valence-corrected chi connectivity index (χ1v) is 9.35. The average Bonchev–Trinajstić information content (AvgIpc) is 3.13. The number of hydrogen-bond donors (Lipinski definition) is 4. The van der Waals surface area contributed by atoms with Gasteiger partial charge in [0.15, 0.2) is 0 Å². The molecule has 29 heavy (non-hydrogen) atoms. The summed E-state index contributed by atoms with van der Waals surface area (Å²) in [6, 6.07) is 21.2. The fourth-order valence-electron chi connectivity index (χ4n) is 5.20. The van der Waals surface area contributed by atoms with E-state index in [1.165, 1.54) is 0 Å². The summed E-state index contributed by atoms with van der Waals surface area (Å²) in [5.74, 6) is 0.629. The number of benzene rings is 4. The largest absolute Gasteiger partial charge is 0.508 e. The molecule has 0 amide bonds. The van der Waals surface area contributed by atoms with E-state index in [1.54, 1.807) is 48.5 Å². The average molecular weight is 380 g/mol. The molecule has 4 heteroatoms. The van der Waals surface area contributed by atoms with Crippen molar-refractivity contribution in [2.45, 2.75) is 5.41 Å². The Kier molecular flexibility index (Phi) is 2.83. The molecule has 0 bridgehead atoms. The summed E-state index contributed by atoms with van der Waals surface area (Å²) in [6.07, 6.45) is 0. The van der Waals surface area contributed by atoms with Crippen LogP contribution in [0.25, 0.3) is 22.3 Å². The Morgan fingerprint density at radius 1 is 0.379 bits per heavy atom. The summed E-state index contributed by atoms with van der Waals surface area (Å²) in [6.45, 7) is 0. The molecule has 0 aromatic heterocycles. The van der Waals surface area contributed by atoms with Crippen molar-refractivity contribution in [2.75, 3.05) is 0 Å². The van der Waals surface area contributed by atoms with Crippen molar-refractivity contribution in [2.24, 2.45) is 0 Å². The van der Waals surface area contributed by atoms with E-state index in [9.17, 15) is 20.4 Å². The molecular weight excluding hydrogens is 364 g/mol. The Bertz CT molecular complexity index is 1140. The predicted molar refractivity (Wildman–Crippen MR) is 109 cm³/mol. The van der Waals surface area contributed by atoms with E-state index < -0.39 is 5.41 Å². The topological polar surface area (TPSA) is 80.9 Å². The Hall–Kier alpha value is -3.92. The van der Waals surface area contributed by atoms with E-state index in [1.807, 2.05) is 24.3 Å². The standard InChI is InChI=1S/C25H16O4/c26-13-1-5-21-17(9-13)18-10-14(27)2-6-22(18)25(21)23-7-3-15(28)11-19(23)20-12-16(29)4-8-24(20)25/h1-12,26-29H. The first kappa shape index (κ1) is 16.1. The fraction of sp³-hybridized carbons (Fsp3) is 0.0400. The van der Waals surface area contributed by atoms with Gasteiger partial charge in [-0.15, -0.1) is 0 Å². The highest BCUT2D eigenvalue weighted by Gasteiger charge is 2.52. The van der Waals surface area contributed by atoms with Gasteiger partial charge in [-0.25, -0.2) is 0 Å². The normalized spacial score (nSPS) is 14.3. The van der Waals surface area contributed by atoms with Crippen molar-refractivity contribution in [3.05, 3.63) is 95.1 Å². The first-order chi connectivity index (χ1) is 14.0. The lowest BCUT2D eigenvalue weighted by atomic mass is 9.70. The third-order valence-electron chi connectivity index (χ3n) is 6.21. The predicted octanol–water partition coefficient (Wildman–Crippen LogP) is 4.85. The van der Waals surface area contributed by atoms with Gasteiger partial charge in [0, 0.05) is 0 Å². The van der Waals surface area contributed by atoms with E-state index in [0.717, 1.165) is 44.5 Å². The third kappa shape index (κ3) is 1.83. The lowest BCUT2D eigenvalue weighted by Crippen LogP contribution is -2.25. The summed E-state index contributed by atoms with van der Waals surface area (Å²) in [5.41, 5.74) is 6.75. The lowest BCUT2D eigenvalue weighted by molar-refractivity contribution is 0.474. The minimum Gasteiger partial charge on any atom is -0.508 e. The van der Waals surface area contributed by atoms with Crippen LogP contribution in [-0.2, 0) is 5.41 Å². The van der Waals surface area contributed by atoms with Gasteiger partial charge in [-0.05, 0) is 93.0 Å². The van der Waals surface area contributed by atoms with Gasteiger partial charge < -0.3 is 20.4 Å². The molecule has 0 atom stereocenters. The van der Waals surface area contributed by atoms with Gasteiger partial charge >= 0.3 is 0 Å². The smallest absolute Gasteiger partial charge is 0.116 e. The second kappa shape index (κ2) is 5.11. The number of rotatable bonds is 0. The second-order valence-electron chi connectivity index (χ2n) is 7.67. The summed E-state index contributed by atoms with van der Waals surface area (Å²) >= 11 is 0. The zero-order valence-corrected chi connectivity index (χ0v) is 15.2. The molecule has 2 aliphatic rings. The maximum Gasteiger partial charge on any atom is 0.116 e. The minimum absolute atomic E-state index is 0.157. The maximum atomic E-state index is 10.2. The Balaban J connectivity index is 1.85. The zero-order valence-electron chi connectivity index (χ0n) is 15.2. The monoisotopic (exact) mass is 380 g/mol. The number of phenols is 4. The minimum atomic E-state index is -0.655. The molecule has 2 aliphatic carbocycles. The molecule has 4 aromatic rings. The van der Waals surface area contributed by atoms with Crippen LogP contribution in [0, 0.1) is 0 Å². The van der Waals surface area contributed by atoms with Crippen LogP contribution in [0.5, 0.6) is 23.0 Å². The molecule has 0 unspecified atom stereocenters. The van der Waals surface area contributed by atoms with E-state index in [0.29, 0.717) is 0 Å². The van der Waals surface area contributed by atoms with Crippen LogP contribution in [0.3, 0.4) is 0 Å². The highest BCUT2D eigenvalue weighted by molar-refractivity contribution is 5.96. The molecule has 0 saturated carbocycles. The molecule has 4 N–H and O–H groups in total. The van der Waals surface area contributed by atoms with E-state index in [-0.39, 0.29) is 23.0 Å². The molecule has 0 saturated heterocycles. The third-order valence-corrected chi connectivity index (χ3v) is 6.21. The van der Waals surface area contributed by atoms with Crippen molar-refractivity contribution in [1.29, 1.82) is 0 Å². The van der Waals surface area contributed by atoms with Crippen molar-refractivity contribution >= 4 is 0 Å². The van der Waals surface area contributed by atoms with E-state index in [4.69, 9.17) is 0 Å². The molecule has 140 valence electrons. The second-order valence-corrected chi connectivity index (χ2v) is 7.67. The molecule has 0 radical (unpaired) electrons. The highest BCUT2D eigenvalue weighted by atomic mass is 16.3. The van der Waals surface area contributed by atoms with Gasteiger partial charge in [0.2, 0.25) is 0 Å². The summed E-state index contributed by atoms with van der Waals surface area (Å²) in [4.78, 5) is 0. The van der Waals surface area contributed by atoms with Gasteiger partial charge in [0.25, 0.3) is 0 Å². The van der Waals surface area contributed by atoms with Crippen LogP contribution in [0.1, 0.15) is 22.3 Å².